The molecule has 0 radical (unpaired) electrons. The summed E-state index contributed by atoms with van der Waals surface area (Å²) in [6.45, 7) is 5.77. The number of nitrogens with zero attached hydrogens (tertiary/aromatic N) is 4. The Morgan fingerprint density at radius 1 is 1.00 bits per heavy atom. The van der Waals surface area contributed by atoms with E-state index in [4.69, 9.17) is 4.74 Å². The predicted octanol–water partition coefficient (Wildman–Crippen LogP) is 6.36. The van der Waals surface area contributed by atoms with Crippen LogP contribution in [0.5, 0.6) is 5.75 Å². The first-order valence-corrected chi connectivity index (χ1v) is 13.6. The number of urea groups is 1. The molecule has 1 atom stereocenters. The Kier molecular flexibility index (Phi) is 7.72. The molecule has 0 bridgehead atoms. The lowest BCUT2D eigenvalue weighted by Gasteiger charge is -2.46. The van der Waals surface area contributed by atoms with E-state index in [2.05, 4.69) is 27.8 Å². The largest absolute Gasteiger partial charge is 0.511 e. The minimum absolute atomic E-state index is 0.0354. The number of rotatable bonds is 5. The molecule has 1 N–H and O–H groups in total. The molecule has 1 aromatic heterocycles. The number of hydrogen-bond donors (Lipinski definition) is 1. The summed E-state index contributed by atoms with van der Waals surface area (Å²) in [4.78, 5) is 36.0. The normalized spacial score (nSPS) is 17.3. The van der Waals surface area contributed by atoms with Gasteiger partial charge in [-0.25, -0.2) is 9.59 Å². The number of aryl methyl sites for hydroxylation is 3. The quantitative estimate of drug-likeness (QED) is 0.306. The molecular formula is C31H36N4O4. The highest BCUT2D eigenvalue weighted by atomic mass is 16.7. The van der Waals surface area contributed by atoms with E-state index < -0.39 is 6.16 Å². The minimum atomic E-state index is -1.34. The standard InChI is InChI=1S/C31H36N4O4/c1-21-7-10-28(22(2)19-21)33(3)30(36)35(25-13-17-34(18-14-25)24-11-15-32-16-12-24)29-6-4-5-23-8-9-26(20-27(23)29)39-31(37)38/h7-12,15-16,19-20,25,29H,4-6,13-14,17-18H2,1-3H3,(H,37,38). The van der Waals surface area contributed by atoms with Crippen LogP contribution in [0.2, 0.25) is 0 Å². The summed E-state index contributed by atoms with van der Waals surface area (Å²) in [5, 5.41) is 9.20. The van der Waals surface area contributed by atoms with E-state index in [1.54, 1.807) is 11.0 Å². The average Bonchev–Trinajstić information content (AvgIpc) is 2.93. The topological polar surface area (TPSA) is 86.2 Å². The summed E-state index contributed by atoms with van der Waals surface area (Å²) in [7, 11) is 1.85. The molecule has 8 nitrogen and oxygen atoms in total. The number of benzene rings is 2. The molecule has 1 saturated heterocycles. The third-order valence-corrected chi connectivity index (χ3v) is 8.05. The van der Waals surface area contributed by atoms with Gasteiger partial charge < -0.3 is 19.6 Å². The Morgan fingerprint density at radius 2 is 1.74 bits per heavy atom. The van der Waals surface area contributed by atoms with Gasteiger partial charge in [0, 0.05) is 49.9 Å². The van der Waals surface area contributed by atoms with Crippen LogP contribution in [-0.2, 0) is 6.42 Å². The molecule has 5 rings (SSSR count). The van der Waals surface area contributed by atoms with Crippen molar-refractivity contribution in [3.05, 3.63) is 83.2 Å². The van der Waals surface area contributed by atoms with Gasteiger partial charge in [-0.1, -0.05) is 23.8 Å². The third-order valence-electron chi connectivity index (χ3n) is 8.05. The number of ether oxygens (including phenoxy) is 1. The number of aromatic nitrogens is 1. The highest BCUT2D eigenvalue weighted by Crippen LogP contribution is 2.40. The number of carbonyl (C=O) groups is 2. The molecule has 0 spiro atoms. The second-order valence-electron chi connectivity index (χ2n) is 10.6. The minimum Gasteiger partial charge on any atom is -0.449 e. The van der Waals surface area contributed by atoms with E-state index in [-0.39, 0.29) is 23.9 Å². The molecule has 204 valence electrons. The number of fused-ring (bicyclic) bond motifs is 1. The number of carbonyl (C=O) groups excluding carboxylic acids is 1. The van der Waals surface area contributed by atoms with Gasteiger partial charge >= 0.3 is 12.2 Å². The summed E-state index contributed by atoms with van der Waals surface area (Å²) in [6.07, 6.45) is 6.64. The van der Waals surface area contributed by atoms with Crippen molar-refractivity contribution in [1.82, 2.24) is 9.88 Å². The zero-order valence-electron chi connectivity index (χ0n) is 22.8. The molecule has 2 aliphatic rings. The van der Waals surface area contributed by atoms with Gasteiger partial charge in [-0.05, 0) is 93.0 Å². The SMILES string of the molecule is Cc1ccc(N(C)C(=O)N(C2CCN(c3ccncc3)CC2)C2CCCc3ccc(OC(=O)O)cc32)c(C)c1. The fourth-order valence-electron chi connectivity index (χ4n) is 6.16. The van der Waals surface area contributed by atoms with Crippen molar-refractivity contribution in [2.45, 2.75) is 58.0 Å². The second-order valence-corrected chi connectivity index (χ2v) is 10.6. The summed E-state index contributed by atoms with van der Waals surface area (Å²) < 4.78 is 5.01. The van der Waals surface area contributed by atoms with Crippen LogP contribution >= 0.6 is 0 Å². The van der Waals surface area contributed by atoms with Crippen molar-refractivity contribution in [2.24, 2.45) is 0 Å². The highest BCUT2D eigenvalue weighted by molar-refractivity contribution is 5.93. The van der Waals surface area contributed by atoms with Gasteiger partial charge in [0.2, 0.25) is 0 Å². The average molecular weight is 529 g/mol. The van der Waals surface area contributed by atoms with Crippen LogP contribution in [-0.4, -0.2) is 53.4 Å². The maximum Gasteiger partial charge on any atom is 0.511 e. The van der Waals surface area contributed by atoms with E-state index in [9.17, 15) is 14.7 Å². The Morgan fingerprint density at radius 3 is 2.44 bits per heavy atom. The molecule has 2 aromatic carbocycles. The lowest BCUT2D eigenvalue weighted by molar-refractivity contribution is 0.126. The summed E-state index contributed by atoms with van der Waals surface area (Å²) >= 11 is 0. The Hall–Kier alpha value is -4.07. The Bertz CT molecular complexity index is 1340. The van der Waals surface area contributed by atoms with Gasteiger partial charge in [-0.3, -0.25) is 9.88 Å². The molecular weight excluding hydrogens is 492 g/mol. The van der Waals surface area contributed by atoms with E-state index in [1.807, 2.05) is 62.8 Å². The van der Waals surface area contributed by atoms with Crippen molar-refractivity contribution in [1.29, 1.82) is 0 Å². The number of hydrogen-bond acceptors (Lipinski definition) is 5. The fourth-order valence-corrected chi connectivity index (χ4v) is 6.16. The van der Waals surface area contributed by atoms with Crippen molar-refractivity contribution in [2.75, 3.05) is 29.9 Å². The van der Waals surface area contributed by atoms with Crippen molar-refractivity contribution >= 4 is 23.6 Å². The first-order chi connectivity index (χ1) is 18.8. The number of carboxylic acid groups (broad SMARTS) is 1. The first kappa shape index (κ1) is 26.5. The number of piperidine rings is 1. The maximum absolute atomic E-state index is 14.4. The number of pyridine rings is 1. The number of anilines is 2. The van der Waals surface area contributed by atoms with Crippen LogP contribution in [0.4, 0.5) is 21.0 Å². The lowest BCUT2D eigenvalue weighted by atomic mass is 9.85. The third kappa shape index (κ3) is 5.70. The van der Waals surface area contributed by atoms with Gasteiger partial charge in [0.25, 0.3) is 0 Å². The van der Waals surface area contributed by atoms with Crippen LogP contribution < -0.4 is 14.5 Å². The van der Waals surface area contributed by atoms with Gasteiger partial charge in [0.15, 0.2) is 0 Å². The molecule has 1 unspecified atom stereocenters. The van der Waals surface area contributed by atoms with Crippen LogP contribution in [0.3, 0.4) is 0 Å². The zero-order valence-corrected chi connectivity index (χ0v) is 22.8. The predicted molar refractivity (Wildman–Crippen MR) is 152 cm³/mol. The molecule has 39 heavy (non-hydrogen) atoms. The number of amides is 2. The summed E-state index contributed by atoms with van der Waals surface area (Å²) in [5.74, 6) is 0.288. The smallest absolute Gasteiger partial charge is 0.449 e. The van der Waals surface area contributed by atoms with E-state index in [0.717, 1.165) is 78.8 Å². The molecule has 3 aromatic rings. The molecule has 2 heterocycles. The monoisotopic (exact) mass is 528 g/mol. The zero-order chi connectivity index (χ0) is 27.5. The fraction of sp³-hybridized carbons (Fsp3) is 0.387. The lowest BCUT2D eigenvalue weighted by Crippen LogP contribution is -2.53. The second kappa shape index (κ2) is 11.4. The van der Waals surface area contributed by atoms with Gasteiger partial charge in [-0.15, -0.1) is 0 Å². The summed E-state index contributed by atoms with van der Waals surface area (Å²) in [5.41, 5.74) is 6.38. The molecule has 1 aliphatic carbocycles. The van der Waals surface area contributed by atoms with Gasteiger partial charge in [-0.2, -0.15) is 0 Å². The highest BCUT2D eigenvalue weighted by Gasteiger charge is 2.38. The Balaban J connectivity index is 1.49. The van der Waals surface area contributed by atoms with Crippen LogP contribution in [0.25, 0.3) is 0 Å². The van der Waals surface area contributed by atoms with Crippen molar-refractivity contribution in [3.63, 3.8) is 0 Å². The summed E-state index contributed by atoms with van der Waals surface area (Å²) in [6, 6.07) is 15.5. The van der Waals surface area contributed by atoms with Gasteiger partial charge in [0.1, 0.15) is 5.75 Å². The Labute approximate surface area is 229 Å². The van der Waals surface area contributed by atoms with Crippen LogP contribution in [0.1, 0.15) is 54.0 Å². The first-order valence-electron chi connectivity index (χ1n) is 13.6. The van der Waals surface area contributed by atoms with E-state index >= 15 is 0 Å². The van der Waals surface area contributed by atoms with Crippen LogP contribution in [0, 0.1) is 13.8 Å². The molecule has 2 amide bonds. The molecule has 0 saturated carbocycles. The van der Waals surface area contributed by atoms with Crippen LogP contribution in [0.15, 0.2) is 60.9 Å². The van der Waals surface area contributed by atoms with Crippen molar-refractivity contribution < 1.29 is 19.4 Å². The molecule has 8 heteroatoms. The molecule has 1 aliphatic heterocycles. The van der Waals surface area contributed by atoms with Crippen molar-refractivity contribution in [3.8, 4) is 5.75 Å². The molecule has 1 fully saturated rings. The van der Waals surface area contributed by atoms with E-state index in [1.165, 1.54) is 0 Å². The van der Waals surface area contributed by atoms with E-state index in [0.29, 0.717) is 0 Å². The van der Waals surface area contributed by atoms with Gasteiger partial charge in [0.05, 0.1) is 6.04 Å². The maximum atomic E-state index is 14.4.